The number of fused-ring (bicyclic) bond motifs is 2. The Bertz CT molecular complexity index is 2990. The average molecular weight is 1060 g/mol. The van der Waals surface area contributed by atoms with Crippen molar-refractivity contribution >= 4 is 34.5 Å². The number of amides is 1. The fraction of sp³-hybridized carbons (Fsp3) is 0.412. The molecule has 5 aromatic rings. The molecule has 3 fully saturated rings. The number of methoxy groups -OCH3 is 1. The second kappa shape index (κ2) is 22.0. The van der Waals surface area contributed by atoms with Crippen molar-refractivity contribution in [3.8, 4) is 34.3 Å². The fourth-order valence-electron chi connectivity index (χ4n) is 9.71. The molecule has 76 heavy (non-hydrogen) atoms. The van der Waals surface area contributed by atoms with E-state index >= 15 is 0 Å². The predicted octanol–water partition coefficient (Wildman–Crippen LogP) is -1.34. The molecule has 25 nitrogen and oxygen atoms in total. The van der Waals surface area contributed by atoms with Gasteiger partial charge in [0.15, 0.2) is 17.9 Å². The first-order valence-corrected chi connectivity index (χ1v) is 23.7. The Morgan fingerprint density at radius 1 is 0.671 bits per heavy atom. The lowest BCUT2D eigenvalue weighted by molar-refractivity contribution is -0.342. The molecule has 4 aliphatic heterocycles. The third kappa shape index (κ3) is 10.2. The van der Waals surface area contributed by atoms with E-state index < -0.39 is 164 Å². The van der Waals surface area contributed by atoms with Crippen molar-refractivity contribution in [1.82, 2.24) is 0 Å². The summed E-state index contributed by atoms with van der Waals surface area (Å²) in [6.45, 7) is -2.41. The molecule has 5 heterocycles. The van der Waals surface area contributed by atoms with Crippen LogP contribution < -0.4 is 15.1 Å². The third-order valence-electron chi connectivity index (χ3n) is 13.8. The molecule has 1 aromatic heterocycles. The minimum Gasteiger partial charge on any atom is -0.508 e. The largest absolute Gasteiger partial charge is 0.508 e. The molecule has 16 atom stereocenters. The van der Waals surface area contributed by atoms with Crippen LogP contribution >= 0.6 is 0 Å². The van der Waals surface area contributed by atoms with E-state index in [2.05, 4.69) is 0 Å². The lowest BCUT2D eigenvalue weighted by Gasteiger charge is -2.46. The monoisotopic (exact) mass is 1060 g/mol. The molecule has 0 saturated carbocycles. The molecule has 4 aliphatic rings. The van der Waals surface area contributed by atoms with Crippen LogP contribution in [0.1, 0.15) is 39.9 Å². The normalized spacial score (nSPS) is 31.4. The SMILES string of the molecule is COc1cc2oc(-c3ccc(O)cc3)cc(=O)c2c(O)c1[C@@H]1O[C@H](COC(=O)CC2C(=O)N([C@@H]3O[C@H](CO)[C@@H](O)[C@H](O)[C@H]3O)c3ccccc32)[C@@H](O)[C@H](O)[C@H]1O[C@@H]1O[C@H](COC(=O)c2ccc(O)cc2)[C@@H](O)[C@H](O)[C@H]1O. The van der Waals surface area contributed by atoms with Gasteiger partial charge in [-0.05, 0) is 60.2 Å². The van der Waals surface area contributed by atoms with Gasteiger partial charge in [0.2, 0.25) is 5.91 Å². The van der Waals surface area contributed by atoms with Crippen molar-refractivity contribution in [1.29, 1.82) is 0 Å². The number of aromatic hydroxyl groups is 3. The highest BCUT2D eigenvalue weighted by atomic mass is 16.7. The summed E-state index contributed by atoms with van der Waals surface area (Å²) in [4.78, 5) is 55.5. The van der Waals surface area contributed by atoms with Crippen LogP contribution in [0.5, 0.6) is 23.0 Å². The molecule has 3 saturated heterocycles. The zero-order chi connectivity index (χ0) is 54.4. The lowest BCUT2D eigenvalue weighted by Crippen LogP contribution is -2.64. The van der Waals surface area contributed by atoms with Crippen molar-refractivity contribution in [3.63, 3.8) is 0 Å². The van der Waals surface area contributed by atoms with Crippen molar-refractivity contribution in [2.24, 2.45) is 0 Å². The number of aliphatic hydroxyl groups is 9. The summed E-state index contributed by atoms with van der Waals surface area (Å²) in [5.74, 6) is -5.44. The van der Waals surface area contributed by atoms with E-state index in [1.165, 1.54) is 66.7 Å². The van der Waals surface area contributed by atoms with E-state index in [9.17, 15) is 80.5 Å². The Kier molecular flexibility index (Phi) is 15.7. The van der Waals surface area contributed by atoms with Gasteiger partial charge in [0, 0.05) is 17.7 Å². The Hall–Kier alpha value is -6.82. The highest BCUT2D eigenvalue weighted by Gasteiger charge is 2.54. The number of carbonyl (C=O) groups excluding carboxylic acids is 3. The van der Waals surface area contributed by atoms with Gasteiger partial charge >= 0.3 is 11.9 Å². The number of para-hydroxylation sites is 1. The second-order valence-electron chi connectivity index (χ2n) is 18.5. The second-order valence-corrected chi connectivity index (χ2v) is 18.5. The number of ether oxygens (including phenoxy) is 7. The number of rotatable bonds is 14. The maximum absolute atomic E-state index is 14.1. The van der Waals surface area contributed by atoms with Crippen molar-refractivity contribution in [3.05, 3.63) is 112 Å². The van der Waals surface area contributed by atoms with E-state index in [0.717, 1.165) is 18.1 Å². The molecule has 406 valence electrons. The van der Waals surface area contributed by atoms with Gasteiger partial charge in [-0.1, -0.05) is 18.2 Å². The number of aliphatic hydroxyl groups excluding tert-OH is 9. The van der Waals surface area contributed by atoms with Gasteiger partial charge in [0.1, 0.15) is 132 Å². The average Bonchev–Trinajstić information content (AvgIpc) is 3.69. The van der Waals surface area contributed by atoms with E-state index in [1.54, 1.807) is 12.1 Å². The van der Waals surface area contributed by atoms with Gasteiger partial charge in [-0.15, -0.1) is 0 Å². The summed E-state index contributed by atoms with van der Waals surface area (Å²) >= 11 is 0. The molecule has 4 aromatic carbocycles. The van der Waals surface area contributed by atoms with Gasteiger partial charge in [-0.2, -0.15) is 0 Å². The number of nitrogens with zero attached hydrogens (tertiary/aromatic N) is 1. The number of phenols is 3. The van der Waals surface area contributed by atoms with E-state index in [1.807, 2.05) is 0 Å². The number of anilines is 1. The van der Waals surface area contributed by atoms with E-state index in [0.29, 0.717) is 5.56 Å². The maximum atomic E-state index is 14.1. The quantitative estimate of drug-likeness (QED) is 0.0573. The molecule has 9 rings (SSSR count). The first kappa shape index (κ1) is 54.0. The number of esters is 2. The van der Waals surface area contributed by atoms with Crippen molar-refractivity contribution in [2.75, 3.05) is 31.8 Å². The highest BCUT2D eigenvalue weighted by Crippen LogP contribution is 2.48. The van der Waals surface area contributed by atoms with Crippen LogP contribution in [0.15, 0.2) is 94.1 Å². The predicted molar refractivity (Wildman–Crippen MR) is 253 cm³/mol. The Balaban J connectivity index is 1.00. The van der Waals surface area contributed by atoms with Gasteiger partial charge in [0.05, 0.1) is 42.9 Å². The molecule has 1 amide bonds. The Morgan fingerprint density at radius 2 is 1.29 bits per heavy atom. The molecule has 0 bridgehead atoms. The first-order chi connectivity index (χ1) is 36.3. The van der Waals surface area contributed by atoms with Crippen molar-refractivity contribution in [2.45, 2.75) is 104 Å². The van der Waals surface area contributed by atoms with Crippen LogP contribution in [0.25, 0.3) is 22.3 Å². The summed E-state index contributed by atoms with van der Waals surface area (Å²) in [6, 6.07) is 18.9. The number of hydrogen-bond donors (Lipinski definition) is 12. The standard InChI is InChI=1S/C51H53NO24/c1-69-29-16-30-35(27(56)15-28(72-30)20-6-10-22(54)11-7-20)40(61)36(29)46-47(76-51-45(66)42(63)38(59)33(75-51)19-71-50(68)21-8-12-23(55)13-9-21)43(64)39(60)32(73-46)18-70-34(57)14-25-24-4-2-3-5-26(24)52(48(25)67)49-44(65)41(62)37(58)31(17-53)74-49/h2-13,15-16,25,31-33,37-39,41-47,49,51,53-55,58-66H,14,17-19H2,1H3/t25?,31-,32-,33-,37-,38-,39-,41+,42+,43+,44-,45-,46+,47-,49-,51+/m1/s1. The van der Waals surface area contributed by atoms with Crippen LogP contribution in [0.4, 0.5) is 5.69 Å². The minimum atomic E-state index is -2.17. The molecular formula is C51H53NO24. The van der Waals surface area contributed by atoms with Crippen LogP contribution in [0.2, 0.25) is 0 Å². The van der Waals surface area contributed by atoms with Crippen LogP contribution in [0.3, 0.4) is 0 Å². The molecule has 25 heteroatoms. The lowest BCUT2D eigenvalue weighted by atomic mass is 9.89. The molecule has 12 N–H and O–H groups in total. The van der Waals surface area contributed by atoms with Gasteiger partial charge in [-0.25, -0.2) is 4.79 Å². The number of hydrogen-bond acceptors (Lipinski definition) is 24. The van der Waals surface area contributed by atoms with Gasteiger partial charge < -0.3 is 98.9 Å². The number of carbonyl (C=O) groups is 3. The topological polar surface area (TPSA) is 392 Å². The molecular weight excluding hydrogens is 1010 g/mol. The summed E-state index contributed by atoms with van der Waals surface area (Å²) < 4.78 is 46.3. The molecule has 0 radical (unpaired) electrons. The minimum absolute atomic E-state index is 0.0124. The first-order valence-electron chi connectivity index (χ1n) is 23.7. The summed E-state index contributed by atoms with van der Waals surface area (Å²) in [6.07, 6.45) is -28.8. The fourth-order valence-corrected chi connectivity index (χ4v) is 9.71. The molecule has 0 spiro atoms. The van der Waals surface area contributed by atoms with Crippen LogP contribution in [0, 0.1) is 0 Å². The third-order valence-corrected chi connectivity index (χ3v) is 13.8. The summed E-state index contributed by atoms with van der Waals surface area (Å²) in [5, 5.41) is 129. The van der Waals surface area contributed by atoms with Crippen LogP contribution in [-0.2, 0) is 38.0 Å². The summed E-state index contributed by atoms with van der Waals surface area (Å²) in [7, 11) is 1.16. The molecule has 1 unspecified atom stereocenters. The van der Waals surface area contributed by atoms with E-state index in [-0.39, 0.29) is 45.4 Å². The zero-order valence-electron chi connectivity index (χ0n) is 39.9. The highest BCUT2D eigenvalue weighted by molar-refractivity contribution is 6.07. The zero-order valence-corrected chi connectivity index (χ0v) is 39.9. The Morgan fingerprint density at radius 3 is 1.97 bits per heavy atom. The van der Waals surface area contributed by atoms with Gasteiger partial charge in [0.25, 0.3) is 0 Å². The number of benzene rings is 4. The van der Waals surface area contributed by atoms with Crippen LogP contribution in [-0.4, -0.2) is 192 Å². The smallest absolute Gasteiger partial charge is 0.338 e. The Labute approximate surface area is 429 Å². The maximum Gasteiger partial charge on any atom is 0.338 e. The van der Waals surface area contributed by atoms with E-state index in [4.69, 9.17) is 37.6 Å². The number of phenolic OH excluding ortho intramolecular Hbond substituents is 3. The van der Waals surface area contributed by atoms with Gasteiger partial charge in [-0.3, -0.25) is 19.3 Å². The summed E-state index contributed by atoms with van der Waals surface area (Å²) in [5.41, 5.74) is -0.688. The molecule has 0 aliphatic carbocycles. The van der Waals surface area contributed by atoms with Crippen molar-refractivity contribution < 1.29 is 113 Å².